The molecule has 0 radical (unpaired) electrons. The maximum atomic E-state index is 5.10. The Morgan fingerprint density at radius 1 is 0.303 bits per heavy atom. The number of hydrogen-bond donors (Lipinski definition) is 3. The second kappa shape index (κ2) is 30.1. The van der Waals surface area contributed by atoms with E-state index < -0.39 is 0 Å². The highest BCUT2D eigenvalue weighted by atomic mass is 15.0. The van der Waals surface area contributed by atoms with Crippen LogP contribution in [0.5, 0.6) is 0 Å². The van der Waals surface area contributed by atoms with Gasteiger partial charge in [-0.1, -0.05) is 298 Å². The van der Waals surface area contributed by atoms with E-state index in [1.54, 1.807) is 0 Å². The number of para-hydroxylation sites is 2. The second-order valence-electron chi connectivity index (χ2n) is 24.1. The van der Waals surface area contributed by atoms with Crippen LogP contribution < -0.4 is 16.0 Å². The predicted octanol–water partition coefficient (Wildman–Crippen LogP) is 22.2. The highest BCUT2D eigenvalue weighted by Crippen LogP contribution is 2.39. The zero-order chi connectivity index (χ0) is 62.1. The first-order chi connectivity index (χ1) is 43.4. The number of nitrogens with zero attached hydrogens (tertiary/aromatic N) is 3. The molecular weight excluding hydrogens is 1080 g/mol. The molecule has 2 unspecified atom stereocenters. The van der Waals surface area contributed by atoms with Crippen molar-refractivity contribution >= 4 is 27.8 Å². The van der Waals surface area contributed by atoms with Gasteiger partial charge in [-0.25, -0.2) is 0 Å². The molecule has 3 aromatic heterocycles. The van der Waals surface area contributed by atoms with E-state index in [1.165, 1.54) is 61.1 Å². The van der Waals surface area contributed by atoms with Crippen molar-refractivity contribution < 1.29 is 0 Å². The minimum Gasteiger partial charge on any atom is -0.379 e. The third-order valence-corrected chi connectivity index (χ3v) is 16.3. The number of aromatic nitrogens is 3. The number of benzene rings is 9. The minimum absolute atomic E-state index is 0.0442. The first-order valence-corrected chi connectivity index (χ1v) is 31.6. The Kier molecular flexibility index (Phi) is 21.0. The first kappa shape index (κ1) is 62.2. The SMILES string of the molecule is CC(C)c1cccc(C(C)C)c1NC(c1ccccc1)c1cccc(-c2ccccc2)n1.CC(C)c1cccc(C(C)C)c1NCc1cccc(-c2ccccc2)n1.Cc1ccc2ccccc2c1NC(c1ccccc1)c1cccc(-c2ccccc2)n1. The summed E-state index contributed by atoms with van der Waals surface area (Å²) in [6.45, 7) is 20.9. The van der Waals surface area contributed by atoms with Crippen molar-refractivity contribution in [3.05, 3.63) is 335 Å². The average Bonchev–Trinajstić information content (AvgIpc) is 3.44. The van der Waals surface area contributed by atoms with Crippen molar-refractivity contribution in [2.75, 3.05) is 16.0 Å². The molecule has 3 N–H and O–H groups in total. The van der Waals surface area contributed by atoms with Crippen LogP contribution in [0, 0.1) is 6.92 Å². The first-order valence-electron chi connectivity index (χ1n) is 31.6. The number of fused-ring (bicyclic) bond motifs is 1. The number of pyridine rings is 3. The molecule has 12 aromatic rings. The number of rotatable bonds is 18. The summed E-state index contributed by atoms with van der Waals surface area (Å²) < 4.78 is 0. The molecule has 6 nitrogen and oxygen atoms in total. The molecule has 0 saturated carbocycles. The number of aryl methyl sites for hydroxylation is 1. The monoisotopic (exact) mass is 1160 g/mol. The zero-order valence-corrected chi connectivity index (χ0v) is 53.1. The van der Waals surface area contributed by atoms with Gasteiger partial charge in [-0.05, 0) is 111 Å². The van der Waals surface area contributed by atoms with Gasteiger partial charge in [-0.3, -0.25) is 15.0 Å². The van der Waals surface area contributed by atoms with Crippen molar-refractivity contribution in [1.29, 1.82) is 0 Å². The normalized spacial score (nSPS) is 11.8. The van der Waals surface area contributed by atoms with E-state index in [9.17, 15) is 0 Å². The van der Waals surface area contributed by atoms with Crippen LogP contribution in [-0.4, -0.2) is 15.0 Å². The third-order valence-electron chi connectivity index (χ3n) is 16.3. The maximum Gasteiger partial charge on any atom is 0.0940 e. The molecule has 0 aliphatic rings. The Morgan fingerprint density at radius 3 is 1.10 bits per heavy atom. The molecule has 0 amide bonds. The molecule has 0 saturated heterocycles. The number of anilines is 3. The van der Waals surface area contributed by atoms with E-state index in [2.05, 4.69) is 339 Å². The summed E-state index contributed by atoms with van der Waals surface area (Å²) >= 11 is 0. The summed E-state index contributed by atoms with van der Waals surface area (Å²) in [6.07, 6.45) is 0. The third kappa shape index (κ3) is 15.8. The topological polar surface area (TPSA) is 74.8 Å². The van der Waals surface area contributed by atoms with Crippen LogP contribution in [0.25, 0.3) is 44.5 Å². The number of hydrogen-bond acceptors (Lipinski definition) is 6. The van der Waals surface area contributed by atoms with Crippen LogP contribution in [0.4, 0.5) is 17.1 Å². The molecule has 6 heteroatoms. The smallest absolute Gasteiger partial charge is 0.0940 e. The summed E-state index contributed by atoms with van der Waals surface area (Å²) in [6, 6.07) is 97.2. The molecular formula is C83H84N6. The molecule has 0 aliphatic carbocycles. The molecule has 0 spiro atoms. The van der Waals surface area contributed by atoms with Crippen molar-refractivity contribution in [2.45, 2.75) is 105 Å². The summed E-state index contributed by atoms with van der Waals surface area (Å²) in [7, 11) is 0. The average molecular weight is 1170 g/mol. The van der Waals surface area contributed by atoms with Crippen LogP contribution in [0.1, 0.15) is 147 Å². The highest BCUT2D eigenvalue weighted by Gasteiger charge is 2.23. The molecule has 0 fully saturated rings. The van der Waals surface area contributed by atoms with Crippen molar-refractivity contribution in [3.63, 3.8) is 0 Å². The van der Waals surface area contributed by atoms with Gasteiger partial charge in [0.15, 0.2) is 0 Å². The lowest BCUT2D eigenvalue weighted by Crippen LogP contribution is -2.17. The Morgan fingerprint density at radius 2 is 0.663 bits per heavy atom. The molecule has 3 heterocycles. The van der Waals surface area contributed by atoms with Gasteiger partial charge in [0.2, 0.25) is 0 Å². The van der Waals surface area contributed by atoms with Crippen LogP contribution in [-0.2, 0) is 6.54 Å². The van der Waals surface area contributed by atoms with E-state index in [0.717, 1.165) is 63.1 Å². The molecule has 9 aromatic carbocycles. The fraction of sp³-hybridized carbons (Fsp3) is 0.193. The molecule has 0 aliphatic heterocycles. The molecule has 446 valence electrons. The molecule has 12 rings (SSSR count). The van der Waals surface area contributed by atoms with E-state index >= 15 is 0 Å². The fourth-order valence-corrected chi connectivity index (χ4v) is 11.6. The Bertz CT molecular complexity index is 4110. The zero-order valence-electron chi connectivity index (χ0n) is 53.1. The highest BCUT2D eigenvalue weighted by molar-refractivity contribution is 5.95. The number of nitrogens with one attached hydrogen (secondary N) is 3. The largest absolute Gasteiger partial charge is 0.379 e. The maximum absolute atomic E-state index is 5.10. The Labute approximate surface area is 529 Å². The second-order valence-corrected chi connectivity index (χ2v) is 24.1. The van der Waals surface area contributed by atoms with Crippen molar-refractivity contribution in [2.24, 2.45) is 0 Å². The summed E-state index contributed by atoms with van der Waals surface area (Å²) in [5.41, 5.74) is 22.2. The standard InChI is InChI=1S/C30H32N2.C29H24N2.C24H28N2/c1-21(2)25-17-11-18-26(22(3)4)30(25)32-29(24-15-9-6-10-16-24)28-20-12-19-27(31-28)23-13-7-5-8-14-23;1-21-19-20-22-11-8-9-16-25(22)28(21)31-29(24-14-6-3-7-15-24)27-18-10-17-26(30-27)23-12-4-2-5-13-23;1-17(2)21-13-9-14-22(18(3)4)24(21)25-16-20-12-8-15-23(26-20)19-10-6-5-7-11-19/h5-22,29,32H,1-4H3;2-20,29,31H,1H3;5-15,17-18,25H,16H2,1-4H3. The molecule has 2 atom stereocenters. The van der Waals surface area contributed by atoms with Gasteiger partial charge in [-0.2, -0.15) is 0 Å². The van der Waals surface area contributed by atoms with Crippen molar-refractivity contribution in [1.82, 2.24) is 15.0 Å². The summed E-state index contributed by atoms with van der Waals surface area (Å²) in [5, 5.41) is 13.9. The lowest BCUT2D eigenvalue weighted by Gasteiger charge is -2.27. The van der Waals surface area contributed by atoms with Crippen LogP contribution in [0.3, 0.4) is 0 Å². The van der Waals surface area contributed by atoms with Gasteiger partial charge in [0.25, 0.3) is 0 Å². The molecule has 0 bridgehead atoms. The quantitative estimate of drug-likeness (QED) is 0.0795. The Hall–Kier alpha value is -9.91. The fourth-order valence-electron chi connectivity index (χ4n) is 11.6. The van der Waals surface area contributed by atoms with E-state index in [-0.39, 0.29) is 12.1 Å². The van der Waals surface area contributed by atoms with E-state index in [4.69, 9.17) is 15.0 Å². The van der Waals surface area contributed by atoms with Gasteiger partial charge < -0.3 is 16.0 Å². The van der Waals surface area contributed by atoms with Crippen molar-refractivity contribution in [3.8, 4) is 33.8 Å². The van der Waals surface area contributed by atoms with Crippen LogP contribution in [0.2, 0.25) is 0 Å². The lowest BCUT2D eigenvalue weighted by atomic mass is 9.91. The summed E-state index contributed by atoms with van der Waals surface area (Å²) in [4.78, 5) is 15.0. The van der Waals surface area contributed by atoms with Gasteiger partial charge in [0, 0.05) is 39.1 Å². The Balaban J connectivity index is 0.000000148. The van der Waals surface area contributed by atoms with Crippen LogP contribution in [0.15, 0.2) is 279 Å². The van der Waals surface area contributed by atoms with Gasteiger partial charge in [-0.15, -0.1) is 0 Å². The van der Waals surface area contributed by atoms with E-state index in [1.807, 2.05) is 18.2 Å². The lowest BCUT2D eigenvalue weighted by molar-refractivity contribution is 0.814. The van der Waals surface area contributed by atoms with Gasteiger partial charge >= 0.3 is 0 Å². The predicted molar refractivity (Wildman–Crippen MR) is 378 cm³/mol. The minimum atomic E-state index is -0.0608. The van der Waals surface area contributed by atoms with Gasteiger partial charge in [0.05, 0.1) is 52.8 Å². The molecule has 89 heavy (non-hydrogen) atoms. The van der Waals surface area contributed by atoms with Crippen LogP contribution >= 0.6 is 0 Å². The van der Waals surface area contributed by atoms with E-state index in [0.29, 0.717) is 23.7 Å². The van der Waals surface area contributed by atoms with Gasteiger partial charge in [0.1, 0.15) is 0 Å². The summed E-state index contributed by atoms with van der Waals surface area (Å²) in [5.74, 6) is 1.83.